The van der Waals surface area contributed by atoms with Crippen molar-refractivity contribution >= 4 is 12.0 Å². The highest BCUT2D eigenvalue weighted by atomic mass is 16.6. The summed E-state index contributed by atoms with van der Waals surface area (Å²) in [6.07, 6.45) is 3.47. The van der Waals surface area contributed by atoms with Gasteiger partial charge in [-0.1, -0.05) is 35.5 Å². The van der Waals surface area contributed by atoms with E-state index < -0.39 is 5.97 Å². The molecule has 0 unspecified atom stereocenters. The maximum Gasteiger partial charge on any atom is 0.343 e. The zero-order valence-corrected chi connectivity index (χ0v) is 9.94. The van der Waals surface area contributed by atoms with Gasteiger partial charge in [-0.2, -0.15) is 0 Å². The molecule has 6 heteroatoms. The minimum absolute atomic E-state index is 0.141. The molecule has 0 bridgehead atoms. The van der Waals surface area contributed by atoms with Crippen LogP contribution in [-0.2, 0) is 9.53 Å². The molecule has 94 valence electrons. The van der Waals surface area contributed by atoms with Crippen LogP contribution in [0.1, 0.15) is 5.56 Å². The predicted molar refractivity (Wildman–Crippen MR) is 67.0 cm³/mol. The summed E-state index contributed by atoms with van der Waals surface area (Å²) in [4.78, 5) is 13.6. The highest BCUT2D eigenvalue weighted by Crippen LogP contribution is 2.19. The molecule has 0 saturated carbocycles. The Kier molecular flexibility index (Phi) is 5.86. The number of carbonyl (C=O) groups is 1. The molecule has 0 N–H and O–H groups in total. The summed E-state index contributed by atoms with van der Waals surface area (Å²) in [5.41, 5.74) is 8.94. The van der Waals surface area contributed by atoms with E-state index in [-0.39, 0.29) is 13.2 Å². The van der Waals surface area contributed by atoms with E-state index in [1.807, 2.05) is 12.1 Å². The van der Waals surface area contributed by atoms with Crippen molar-refractivity contribution in [3.63, 3.8) is 0 Å². The van der Waals surface area contributed by atoms with Crippen molar-refractivity contribution < 1.29 is 14.3 Å². The summed E-state index contributed by atoms with van der Waals surface area (Å²) in [6, 6.07) is 7.23. The lowest BCUT2D eigenvalue weighted by atomic mass is 10.2. The van der Waals surface area contributed by atoms with Gasteiger partial charge in [-0.25, -0.2) is 4.79 Å². The molecule has 0 aliphatic carbocycles. The van der Waals surface area contributed by atoms with Crippen LogP contribution in [0.4, 0.5) is 0 Å². The Balaban J connectivity index is 2.69. The minimum Gasteiger partial charge on any atom is -0.481 e. The van der Waals surface area contributed by atoms with Gasteiger partial charge in [-0.15, -0.1) is 0 Å². The second-order valence-corrected chi connectivity index (χ2v) is 3.22. The van der Waals surface area contributed by atoms with Crippen molar-refractivity contribution in [1.29, 1.82) is 0 Å². The molecule has 0 saturated heterocycles. The van der Waals surface area contributed by atoms with Gasteiger partial charge in [0.15, 0.2) is 6.61 Å². The third-order valence-electron chi connectivity index (χ3n) is 2.04. The number of methoxy groups -OCH3 is 1. The van der Waals surface area contributed by atoms with E-state index in [1.165, 1.54) is 7.11 Å². The van der Waals surface area contributed by atoms with Crippen molar-refractivity contribution in [2.45, 2.75) is 0 Å². The summed E-state index contributed by atoms with van der Waals surface area (Å²) in [5.74, 6) is 0.128. The van der Waals surface area contributed by atoms with E-state index in [0.717, 1.165) is 5.56 Å². The molecule has 1 aromatic rings. The molecular weight excluding hydrogens is 234 g/mol. The van der Waals surface area contributed by atoms with Gasteiger partial charge in [0.2, 0.25) is 0 Å². The van der Waals surface area contributed by atoms with Crippen molar-refractivity contribution in [1.82, 2.24) is 0 Å². The van der Waals surface area contributed by atoms with Crippen LogP contribution in [0, 0.1) is 0 Å². The Labute approximate surface area is 104 Å². The van der Waals surface area contributed by atoms with Gasteiger partial charge >= 0.3 is 5.97 Å². The quantitative estimate of drug-likeness (QED) is 0.335. The van der Waals surface area contributed by atoms with Crippen LogP contribution in [0.3, 0.4) is 0 Å². The Bertz CT molecular complexity index is 479. The van der Waals surface area contributed by atoms with Crippen LogP contribution in [0.2, 0.25) is 0 Å². The molecule has 0 aliphatic heterocycles. The molecule has 0 amide bonds. The highest BCUT2D eigenvalue weighted by Gasteiger charge is 2.04. The summed E-state index contributed by atoms with van der Waals surface area (Å²) in [6.45, 7) is 0.125. The summed E-state index contributed by atoms with van der Waals surface area (Å²) < 4.78 is 9.81. The lowest BCUT2D eigenvalue weighted by Crippen LogP contribution is -2.12. The number of para-hydroxylation sites is 1. The van der Waals surface area contributed by atoms with Crippen molar-refractivity contribution in [3.05, 3.63) is 46.3 Å². The number of benzene rings is 1. The molecule has 0 atom stereocenters. The maximum atomic E-state index is 11.0. The van der Waals surface area contributed by atoms with Crippen LogP contribution < -0.4 is 4.74 Å². The fourth-order valence-electron chi connectivity index (χ4n) is 1.21. The van der Waals surface area contributed by atoms with Gasteiger partial charge < -0.3 is 9.47 Å². The molecule has 0 aromatic heterocycles. The second kappa shape index (κ2) is 7.76. The van der Waals surface area contributed by atoms with Gasteiger partial charge in [0, 0.05) is 17.0 Å². The standard InChI is InChI=1S/C12H13N3O3/c1-17-12(16)9-18-11-7-3-2-5-10(11)6-4-8-14-15-13/h2-7H,8-9H2,1H3. The van der Waals surface area contributed by atoms with Crippen LogP contribution in [0.15, 0.2) is 35.5 Å². The minimum atomic E-state index is -0.442. The van der Waals surface area contributed by atoms with Gasteiger partial charge in [0.25, 0.3) is 0 Å². The van der Waals surface area contributed by atoms with Gasteiger partial charge in [-0.05, 0) is 11.6 Å². The van der Waals surface area contributed by atoms with Crippen molar-refractivity contribution in [2.24, 2.45) is 5.11 Å². The number of carbonyl (C=O) groups excluding carboxylic acids is 1. The number of hydrogen-bond acceptors (Lipinski definition) is 4. The third kappa shape index (κ3) is 4.59. The monoisotopic (exact) mass is 247 g/mol. The molecule has 0 fully saturated rings. The first-order valence-corrected chi connectivity index (χ1v) is 5.24. The highest BCUT2D eigenvalue weighted by molar-refractivity contribution is 5.71. The Morgan fingerprint density at radius 2 is 2.28 bits per heavy atom. The lowest BCUT2D eigenvalue weighted by Gasteiger charge is -2.07. The third-order valence-corrected chi connectivity index (χ3v) is 2.04. The molecule has 18 heavy (non-hydrogen) atoms. The molecule has 0 aliphatic rings. The Hall–Kier alpha value is -2.46. The van der Waals surface area contributed by atoms with E-state index in [2.05, 4.69) is 14.8 Å². The number of nitrogens with zero attached hydrogens (tertiary/aromatic N) is 3. The van der Waals surface area contributed by atoms with Crippen molar-refractivity contribution in [3.8, 4) is 5.75 Å². The molecule has 0 radical (unpaired) electrons. The normalized spacial score (nSPS) is 9.83. The van der Waals surface area contributed by atoms with Crippen LogP contribution >= 0.6 is 0 Å². The van der Waals surface area contributed by atoms with E-state index in [9.17, 15) is 4.79 Å². The van der Waals surface area contributed by atoms with E-state index in [4.69, 9.17) is 10.3 Å². The van der Waals surface area contributed by atoms with Gasteiger partial charge in [0.1, 0.15) is 5.75 Å². The van der Waals surface area contributed by atoms with Crippen LogP contribution in [0.25, 0.3) is 16.5 Å². The largest absolute Gasteiger partial charge is 0.481 e. The number of azide groups is 1. The first-order chi connectivity index (χ1) is 8.77. The number of ether oxygens (including phenoxy) is 2. The summed E-state index contributed by atoms with van der Waals surface area (Å²) in [5, 5.41) is 3.38. The SMILES string of the molecule is COC(=O)COc1ccccc1C=CCN=[N+]=[N-]. The summed E-state index contributed by atoms with van der Waals surface area (Å²) in [7, 11) is 1.30. The average Bonchev–Trinajstić information content (AvgIpc) is 2.42. The molecule has 0 spiro atoms. The molecule has 0 heterocycles. The zero-order valence-electron chi connectivity index (χ0n) is 9.94. The first-order valence-electron chi connectivity index (χ1n) is 5.24. The molecular formula is C12H13N3O3. The van der Waals surface area contributed by atoms with E-state index in [1.54, 1.807) is 24.3 Å². The van der Waals surface area contributed by atoms with E-state index in [0.29, 0.717) is 5.75 Å². The van der Waals surface area contributed by atoms with Crippen LogP contribution in [-0.4, -0.2) is 26.2 Å². The zero-order chi connectivity index (χ0) is 13.2. The molecule has 1 aromatic carbocycles. The topological polar surface area (TPSA) is 84.3 Å². The summed E-state index contributed by atoms with van der Waals surface area (Å²) >= 11 is 0. The Morgan fingerprint density at radius 3 is 3.00 bits per heavy atom. The maximum absolute atomic E-state index is 11.0. The fraction of sp³-hybridized carbons (Fsp3) is 0.250. The smallest absolute Gasteiger partial charge is 0.343 e. The number of rotatable bonds is 6. The number of hydrogen-bond donors (Lipinski definition) is 0. The number of esters is 1. The van der Waals surface area contributed by atoms with Crippen LogP contribution in [0.5, 0.6) is 5.75 Å². The van der Waals surface area contributed by atoms with Gasteiger partial charge in [0.05, 0.1) is 7.11 Å². The van der Waals surface area contributed by atoms with Crippen molar-refractivity contribution in [2.75, 3.05) is 20.3 Å². The fourth-order valence-corrected chi connectivity index (χ4v) is 1.21. The van der Waals surface area contributed by atoms with E-state index >= 15 is 0 Å². The molecule has 1 rings (SSSR count). The lowest BCUT2D eigenvalue weighted by molar-refractivity contribution is -0.142. The molecule has 6 nitrogen and oxygen atoms in total. The first kappa shape index (κ1) is 13.6. The second-order valence-electron chi connectivity index (χ2n) is 3.22. The predicted octanol–water partition coefficient (Wildman–Crippen LogP) is 2.56. The van der Waals surface area contributed by atoms with Gasteiger partial charge in [-0.3, -0.25) is 0 Å². The average molecular weight is 247 g/mol. The Morgan fingerprint density at radius 1 is 1.50 bits per heavy atom.